The summed E-state index contributed by atoms with van der Waals surface area (Å²) in [7, 11) is 0. The highest BCUT2D eigenvalue weighted by molar-refractivity contribution is 5.98. The number of ether oxygens (including phenoxy) is 1. The van der Waals surface area contributed by atoms with Gasteiger partial charge in [-0.3, -0.25) is 4.79 Å². The van der Waals surface area contributed by atoms with Gasteiger partial charge in [0, 0.05) is 6.42 Å². The van der Waals surface area contributed by atoms with Crippen LogP contribution in [0, 0.1) is 5.92 Å². The first-order valence-corrected chi connectivity index (χ1v) is 8.25. The summed E-state index contributed by atoms with van der Waals surface area (Å²) in [5.74, 6) is 1.20. The lowest BCUT2D eigenvalue weighted by Gasteiger charge is -2.25. The second kappa shape index (κ2) is 7.66. The molecule has 0 aliphatic heterocycles. The van der Waals surface area contributed by atoms with Gasteiger partial charge in [-0.25, -0.2) is 0 Å². The summed E-state index contributed by atoms with van der Waals surface area (Å²) in [6.07, 6.45) is 13.0. The molecule has 2 fully saturated rings. The van der Waals surface area contributed by atoms with E-state index in [1.165, 1.54) is 51.4 Å². The second-order valence-corrected chi connectivity index (χ2v) is 6.41. The Morgan fingerprint density at radius 1 is 0.900 bits per heavy atom. The molecule has 0 N–H and O–H groups in total. The maximum atomic E-state index is 12.3. The molecule has 0 bridgehead atoms. The van der Waals surface area contributed by atoms with Crippen LogP contribution in [0.15, 0.2) is 24.5 Å². The molecule has 2 nitrogen and oxygen atoms in total. The number of carbonyl (C=O) groups is 1. The first-order chi connectivity index (χ1) is 9.66. The molecule has 0 radical (unpaired) electrons. The number of Topliss-reactive ketones (excluding diaryl/α,β-unsaturated/α-hetero) is 1. The van der Waals surface area contributed by atoms with Crippen molar-refractivity contribution in [3.8, 4) is 0 Å². The van der Waals surface area contributed by atoms with Gasteiger partial charge in [0.05, 0.1) is 11.7 Å². The van der Waals surface area contributed by atoms with E-state index in [-0.39, 0.29) is 11.9 Å². The molecule has 112 valence electrons. The van der Waals surface area contributed by atoms with Crippen molar-refractivity contribution < 1.29 is 9.53 Å². The predicted octanol–water partition coefficient (Wildman–Crippen LogP) is 4.95. The van der Waals surface area contributed by atoms with Crippen LogP contribution in [0.2, 0.25) is 0 Å². The van der Waals surface area contributed by atoms with Gasteiger partial charge in [0.15, 0.2) is 5.78 Å². The molecule has 0 saturated heterocycles. The van der Waals surface area contributed by atoms with Crippen molar-refractivity contribution in [3.63, 3.8) is 0 Å². The van der Waals surface area contributed by atoms with E-state index in [2.05, 4.69) is 13.2 Å². The van der Waals surface area contributed by atoms with Crippen molar-refractivity contribution in [1.29, 1.82) is 0 Å². The summed E-state index contributed by atoms with van der Waals surface area (Å²) in [5, 5.41) is 0. The molecule has 0 unspecified atom stereocenters. The van der Waals surface area contributed by atoms with E-state index in [1.54, 1.807) is 0 Å². The molecular weight excluding hydrogens is 248 g/mol. The van der Waals surface area contributed by atoms with Crippen LogP contribution in [-0.4, -0.2) is 11.9 Å². The van der Waals surface area contributed by atoms with Crippen molar-refractivity contribution >= 4 is 5.78 Å². The molecule has 2 rings (SSSR count). The van der Waals surface area contributed by atoms with Gasteiger partial charge in [-0.1, -0.05) is 51.7 Å². The molecule has 20 heavy (non-hydrogen) atoms. The van der Waals surface area contributed by atoms with Gasteiger partial charge in [-0.15, -0.1) is 0 Å². The van der Waals surface area contributed by atoms with Crippen LogP contribution in [-0.2, 0) is 9.53 Å². The van der Waals surface area contributed by atoms with Crippen molar-refractivity contribution in [3.05, 3.63) is 24.5 Å². The maximum Gasteiger partial charge on any atom is 0.166 e. The minimum absolute atomic E-state index is 0.137. The number of ketones is 1. The van der Waals surface area contributed by atoms with Gasteiger partial charge in [-0.05, 0) is 31.6 Å². The van der Waals surface area contributed by atoms with Crippen molar-refractivity contribution in [2.75, 3.05) is 0 Å². The Morgan fingerprint density at radius 3 is 2.05 bits per heavy atom. The first-order valence-electron chi connectivity index (χ1n) is 8.25. The van der Waals surface area contributed by atoms with E-state index in [4.69, 9.17) is 4.74 Å². The van der Waals surface area contributed by atoms with Crippen LogP contribution < -0.4 is 0 Å². The third-order valence-electron chi connectivity index (χ3n) is 4.73. The van der Waals surface area contributed by atoms with Gasteiger partial charge in [0.2, 0.25) is 0 Å². The average molecular weight is 276 g/mol. The molecule has 0 aromatic heterocycles. The van der Waals surface area contributed by atoms with Gasteiger partial charge >= 0.3 is 0 Å². The zero-order chi connectivity index (χ0) is 14.4. The summed E-state index contributed by atoms with van der Waals surface area (Å²) < 4.78 is 5.85. The Balaban J connectivity index is 1.76. The van der Waals surface area contributed by atoms with E-state index in [0.29, 0.717) is 23.7 Å². The number of hydrogen-bond donors (Lipinski definition) is 0. The molecule has 0 heterocycles. The SMILES string of the molecule is C=C(OC1CCCCC1)C(=C)C(=O)CC1CCCCC1. The minimum Gasteiger partial charge on any atom is -0.490 e. The van der Waals surface area contributed by atoms with Crippen LogP contribution in [0.4, 0.5) is 0 Å². The summed E-state index contributed by atoms with van der Waals surface area (Å²) in [5.41, 5.74) is 0.501. The topological polar surface area (TPSA) is 26.3 Å². The highest BCUT2D eigenvalue weighted by atomic mass is 16.5. The number of rotatable bonds is 6. The van der Waals surface area contributed by atoms with Gasteiger partial charge in [-0.2, -0.15) is 0 Å². The Hall–Kier alpha value is -1.05. The fourth-order valence-corrected chi connectivity index (χ4v) is 3.39. The smallest absolute Gasteiger partial charge is 0.166 e. The first kappa shape index (κ1) is 15.3. The summed E-state index contributed by atoms with van der Waals surface area (Å²) >= 11 is 0. The lowest BCUT2D eigenvalue weighted by molar-refractivity contribution is -0.116. The van der Waals surface area contributed by atoms with Crippen LogP contribution in [0.25, 0.3) is 0 Å². The highest BCUT2D eigenvalue weighted by Crippen LogP contribution is 2.29. The maximum absolute atomic E-state index is 12.3. The Kier molecular flexibility index (Phi) is 5.87. The third kappa shape index (κ3) is 4.50. The van der Waals surface area contributed by atoms with E-state index in [0.717, 1.165) is 12.8 Å². The Morgan fingerprint density at radius 2 is 1.45 bits per heavy atom. The summed E-state index contributed by atoms with van der Waals surface area (Å²) in [6, 6.07) is 0. The largest absolute Gasteiger partial charge is 0.490 e. The molecule has 2 aliphatic carbocycles. The normalized spacial score (nSPS) is 21.4. The van der Waals surface area contributed by atoms with Crippen molar-refractivity contribution in [2.24, 2.45) is 5.92 Å². The van der Waals surface area contributed by atoms with E-state index < -0.39 is 0 Å². The molecule has 0 spiro atoms. The molecular formula is C18H28O2. The molecule has 2 saturated carbocycles. The second-order valence-electron chi connectivity index (χ2n) is 6.41. The number of hydrogen-bond acceptors (Lipinski definition) is 2. The third-order valence-corrected chi connectivity index (χ3v) is 4.73. The van der Waals surface area contributed by atoms with Crippen LogP contribution in [0.1, 0.15) is 70.6 Å². The molecule has 0 atom stereocenters. The lowest BCUT2D eigenvalue weighted by Crippen LogP contribution is -2.19. The highest BCUT2D eigenvalue weighted by Gasteiger charge is 2.22. The van der Waals surface area contributed by atoms with Crippen molar-refractivity contribution in [2.45, 2.75) is 76.7 Å². The fraction of sp³-hybridized carbons (Fsp3) is 0.722. The molecule has 2 heteroatoms. The zero-order valence-corrected chi connectivity index (χ0v) is 12.7. The Labute approximate surface area is 123 Å². The minimum atomic E-state index is 0.137. The summed E-state index contributed by atoms with van der Waals surface area (Å²) in [6.45, 7) is 7.83. The van der Waals surface area contributed by atoms with Gasteiger partial charge < -0.3 is 4.74 Å². The van der Waals surface area contributed by atoms with Crippen LogP contribution in [0.3, 0.4) is 0 Å². The van der Waals surface area contributed by atoms with Crippen LogP contribution in [0.5, 0.6) is 0 Å². The van der Waals surface area contributed by atoms with E-state index in [9.17, 15) is 4.79 Å². The van der Waals surface area contributed by atoms with E-state index in [1.807, 2.05) is 0 Å². The predicted molar refractivity (Wildman–Crippen MR) is 82.4 cm³/mol. The molecule has 0 amide bonds. The van der Waals surface area contributed by atoms with Crippen molar-refractivity contribution in [1.82, 2.24) is 0 Å². The quantitative estimate of drug-likeness (QED) is 0.390. The monoisotopic (exact) mass is 276 g/mol. The zero-order valence-electron chi connectivity index (χ0n) is 12.7. The van der Waals surface area contributed by atoms with Gasteiger partial charge in [0.25, 0.3) is 0 Å². The molecule has 0 aromatic rings. The molecule has 0 aromatic carbocycles. The number of allylic oxidation sites excluding steroid dienone is 1. The standard InChI is InChI=1S/C18H28O2/c1-14(15(2)20-17-11-7-4-8-12-17)18(19)13-16-9-5-3-6-10-16/h16-17H,1-13H2. The Bertz CT molecular complexity index is 324. The van der Waals surface area contributed by atoms with Gasteiger partial charge in [0.1, 0.15) is 5.76 Å². The average Bonchev–Trinajstić information content (AvgIpc) is 2.48. The lowest BCUT2D eigenvalue weighted by atomic mass is 9.84. The fourth-order valence-electron chi connectivity index (χ4n) is 3.39. The van der Waals surface area contributed by atoms with E-state index >= 15 is 0 Å². The summed E-state index contributed by atoms with van der Waals surface area (Å²) in [4.78, 5) is 12.3. The van der Waals surface area contributed by atoms with Crippen LogP contribution >= 0.6 is 0 Å². The molecule has 2 aliphatic rings. The number of carbonyl (C=O) groups excluding carboxylic acids is 1.